The summed E-state index contributed by atoms with van der Waals surface area (Å²) in [4.78, 5) is 26.8. The SMILES string of the molecule is N#Cc1ccc(N2C(=O)[C@@H]3[C@H](C2=O)[C@H]2NC[C@@H]3C3CC32)cc1C(F)(F)F. The van der Waals surface area contributed by atoms with Gasteiger partial charge in [-0.15, -0.1) is 0 Å². The molecule has 2 unspecified atom stereocenters. The van der Waals surface area contributed by atoms with Gasteiger partial charge in [0, 0.05) is 6.04 Å². The first-order valence-corrected chi connectivity index (χ1v) is 8.55. The fourth-order valence-corrected chi connectivity index (χ4v) is 5.30. The summed E-state index contributed by atoms with van der Waals surface area (Å²) in [7, 11) is 0. The third-order valence-electron chi connectivity index (χ3n) is 6.42. The maximum Gasteiger partial charge on any atom is 0.417 e. The number of carbonyl (C=O) groups excluding carboxylic acids is 2. The number of benzene rings is 1. The second kappa shape index (κ2) is 4.86. The van der Waals surface area contributed by atoms with Gasteiger partial charge in [0.25, 0.3) is 0 Å². The lowest BCUT2D eigenvalue weighted by atomic mass is 9.67. The van der Waals surface area contributed by atoms with Gasteiger partial charge in [0.15, 0.2) is 0 Å². The molecule has 2 amide bonds. The first-order chi connectivity index (χ1) is 12.3. The number of nitrogens with zero attached hydrogens (tertiary/aromatic N) is 2. The van der Waals surface area contributed by atoms with Crippen LogP contribution in [0.25, 0.3) is 0 Å². The standard InChI is InChI=1S/C18H14F3N3O2/c19-18(20,21)12-3-8(2-1-7(12)5-22)24-16(25)13-11-6-23-15(10-4-9(10)11)14(13)17(24)26/h1-3,9-11,13-15,23H,4,6H2/t9?,10?,11-,13+,14+,15+/m1/s1. The molecule has 1 N–H and O–H groups in total. The van der Waals surface area contributed by atoms with Crippen LogP contribution in [0.1, 0.15) is 17.5 Å². The van der Waals surface area contributed by atoms with E-state index >= 15 is 0 Å². The molecule has 2 aliphatic carbocycles. The molecule has 1 aromatic rings. The zero-order valence-electron chi connectivity index (χ0n) is 13.5. The number of alkyl halides is 3. The summed E-state index contributed by atoms with van der Waals surface area (Å²) in [5.41, 5.74) is -1.76. The molecule has 8 heteroatoms. The molecule has 2 saturated carbocycles. The Balaban J connectivity index is 1.57. The summed E-state index contributed by atoms with van der Waals surface area (Å²) in [5.74, 6) is -0.830. The fourth-order valence-electron chi connectivity index (χ4n) is 5.30. The van der Waals surface area contributed by atoms with Gasteiger partial charge in [-0.25, -0.2) is 4.90 Å². The minimum Gasteiger partial charge on any atom is -0.313 e. The van der Waals surface area contributed by atoms with Crippen LogP contribution in [-0.2, 0) is 15.8 Å². The molecule has 3 aliphatic heterocycles. The summed E-state index contributed by atoms with van der Waals surface area (Å²) in [6.45, 7) is 0.682. The van der Waals surface area contributed by atoms with E-state index in [2.05, 4.69) is 5.32 Å². The molecule has 6 atom stereocenters. The molecule has 5 aliphatic rings. The predicted octanol–water partition coefficient (Wildman–Crippen LogP) is 1.92. The number of hydrogen-bond acceptors (Lipinski definition) is 4. The molecule has 5 fully saturated rings. The Morgan fingerprint density at radius 2 is 1.85 bits per heavy atom. The number of amides is 2. The summed E-state index contributed by atoms with van der Waals surface area (Å²) in [6.07, 6.45) is -3.72. The van der Waals surface area contributed by atoms with Crippen molar-refractivity contribution in [3.05, 3.63) is 29.3 Å². The first kappa shape index (κ1) is 15.8. The van der Waals surface area contributed by atoms with Gasteiger partial charge >= 0.3 is 6.18 Å². The summed E-state index contributed by atoms with van der Waals surface area (Å²) in [6, 6.07) is 4.45. The van der Waals surface area contributed by atoms with Crippen molar-refractivity contribution in [2.24, 2.45) is 29.6 Å². The fraction of sp³-hybridized carbons (Fsp3) is 0.500. The van der Waals surface area contributed by atoms with E-state index in [9.17, 15) is 22.8 Å². The number of fused-ring (bicyclic) bond motifs is 1. The highest BCUT2D eigenvalue weighted by molar-refractivity contribution is 6.22. The first-order valence-electron chi connectivity index (χ1n) is 8.55. The number of nitriles is 1. The number of carbonyl (C=O) groups is 2. The maximum absolute atomic E-state index is 13.2. The van der Waals surface area contributed by atoms with Crippen LogP contribution in [0, 0.1) is 40.9 Å². The third-order valence-corrected chi connectivity index (χ3v) is 6.42. The van der Waals surface area contributed by atoms with Crippen LogP contribution in [0.4, 0.5) is 18.9 Å². The monoisotopic (exact) mass is 361 g/mol. The maximum atomic E-state index is 13.2. The average Bonchev–Trinajstić information content (AvgIpc) is 3.38. The Morgan fingerprint density at radius 1 is 1.12 bits per heavy atom. The van der Waals surface area contributed by atoms with E-state index in [0.29, 0.717) is 18.4 Å². The topological polar surface area (TPSA) is 73.2 Å². The number of rotatable bonds is 1. The molecule has 0 aromatic heterocycles. The Hall–Kier alpha value is -2.40. The molecule has 26 heavy (non-hydrogen) atoms. The van der Waals surface area contributed by atoms with Crippen molar-refractivity contribution in [3.8, 4) is 6.07 Å². The number of nitrogens with one attached hydrogen (secondary N) is 1. The molecule has 3 heterocycles. The van der Waals surface area contributed by atoms with Crippen LogP contribution in [0.2, 0.25) is 0 Å². The second-order valence-electron chi connectivity index (χ2n) is 7.56. The lowest BCUT2D eigenvalue weighted by Crippen LogP contribution is -2.58. The van der Waals surface area contributed by atoms with Gasteiger partial charge in [0.05, 0.1) is 34.7 Å². The van der Waals surface area contributed by atoms with Crippen molar-refractivity contribution in [2.45, 2.75) is 18.6 Å². The zero-order chi connectivity index (χ0) is 18.4. The van der Waals surface area contributed by atoms with Gasteiger partial charge in [-0.2, -0.15) is 18.4 Å². The lowest BCUT2D eigenvalue weighted by Gasteiger charge is -2.43. The Morgan fingerprint density at radius 3 is 2.54 bits per heavy atom. The molecular weight excluding hydrogens is 347 g/mol. The van der Waals surface area contributed by atoms with Gasteiger partial charge in [-0.1, -0.05) is 0 Å². The molecule has 1 aromatic carbocycles. The number of piperidine rings is 2. The summed E-state index contributed by atoms with van der Waals surface area (Å²) in [5, 5.41) is 12.3. The molecule has 0 spiro atoms. The lowest BCUT2D eigenvalue weighted by molar-refractivity contribution is -0.138. The van der Waals surface area contributed by atoms with E-state index in [0.717, 1.165) is 23.5 Å². The third kappa shape index (κ3) is 1.89. The molecule has 134 valence electrons. The Kier molecular flexibility index (Phi) is 2.96. The van der Waals surface area contributed by atoms with Gasteiger partial charge < -0.3 is 5.32 Å². The van der Waals surface area contributed by atoms with E-state index in [1.807, 2.05) is 0 Å². The van der Waals surface area contributed by atoms with Crippen LogP contribution >= 0.6 is 0 Å². The van der Waals surface area contributed by atoms with Crippen LogP contribution in [0.3, 0.4) is 0 Å². The van der Waals surface area contributed by atoms with Crippen molar-refractivity contribution < 1.29 is 22.8 Å². The van der Waals surface area contributed by atoms with Crippen LogP contribution in [0.5, 0.6) is 0 Å². The van der Waals surface area contributed by atoms with Crippen molar-refractivity contribution in [1.82, 2.24) is 5.32 Å². The van der Waals surface area contributed by atoms with Gasteiger partial charge in [0.2, 0.25) is 11.8 Å². The highest BCUT2D eigenvalue weighted by Gasteiger charge is 2.68. The predicted molar refractivity (Wildman–Crippen MR) is 82.5 cm³/mol. The highest BCUT2D eigenvalue weighted by atomic mass is 19.4. The summed E-state index contributed by atoms with van der Waals surface area (Å²) < 4.78 is 39.7. The molecule has 2 bridgehead atoms. The van der Waals surface area contributed by atoms with E-state index in [1.54, 1.807) is 0 Å². The van der Waals surface area contributed by atoms with Crippen molar-refractivity contribution in [1.29, 1.82) is 5.26 Å². The Bertz CT molecular complexity index is 857. The van der Waals surface area contributed by atoms with E-state index < -0.39 is 41.0 Å². The van der Waals surface area contributed by atoms with E-state index in [-0.39, 0.29) is 17.6 Å². The minimum atomic E-state index is -4.73. The van der Waals surface area contributed by atoms with Crippen molar-refractivity contribution in [3.63, 3.8) is 0 Å². The number of imide groups is 1. The average molecular weight is 361 g/mol. The second-order valence-corrected chi connectivity index (χ2v) is 7.56. The highest BCUT2D eigenvalue weighted by Crippen LogP contribution is 2.61. The van der Waals surface area contributed by atoms with Crippen LogP contribution in [0.15, 0.2) is 18.2 Å². The smallest absolute Gasteiger partial charge is 0.313 e. The number of anilines is 1. The normalized spacial score (nSPS) is 37.4. The van der Waals surface area contributed by atoms with Crippen molar-refractivity contribution in [2.75, 3.05) is 11.4 Å². The van der Waals surface area contributed by atoms with Crippen LogP contribution in [-0.4, -0.2) is 24.4 Å². The zero-order valence-corrected chi connectivity index (χ0v) is 13.5. The summed E-state index contributed by atoms with van der Waals surface area (Å²) >= 11 is 0. The minimum absolute atomic E-state index is 0.0584. The van der Waals surface area contributed by atoms with E-state index in [4.69, 9.17) is 5.26 Å². The molecule has 0 radical (unpaired) electrons. The molecular formula is C18H14F3N3O2. The largest absolute Gasteiger partial charge is 0.417 e. The van der Waals surface area contributed by atoms with Gasteiger partial charge in [0.1, 0.15) is 0 Å². The van der Waals surface area contributed by atoms with E-state index in [1.165, 1.54) is 12.1 Å². The van der Waals surface area contributed by atoms with Gasteiger partial charge in [-0.3, -0.25) is 9.59 Å². The van der Waals surface area contributed by atoms with Gasteiger partial charge in [-0.05, 0) is 48.9 Å². The van der Waals surface area contributed by atoms with Crippen LogP contribution < -0.4 is 10.2 Å². The molecule has 6 rings (SSSR count). The number of hydrogen-bond donors (Lipinski definition) is 1. The Labute approximate surface area is 146 Å². The molecule has 5 nitrogen and oxygen atoms in total. The molecule has 3 saturated heterocycles. The number of halogens is 3. The quantitative estimate of drug-likeness (QED) is 0.776. The van der Waals surface area contributed by atoms with Crippen molar-refractivity contribution >= 4 is 17.5 Å².